The zero-order valence-electron chi connectivity index (χ0n) is 10.3. The number of benzene rings is 1. The Morgan fingerprint density at radius 2 is 2.22 bits per heavy atom. The van der Waals surface area contributed by atoms with Gasteiger partial charge in [-0.1, -0.05) is 17.7 Å². The number of hydrogen-bond donors (Lipinski definition) is 2. The summed E-state index contributed by atoms with van der Waals surface area (Å²) in [7, 11) is -1.38. The second-order valence-corrected chi connectivity index (χ2v) is 6.21. The Bertz CT molecular complexity index is 465. The summed E-state index contributed by atoms with van der Waals surface area (Å²) in [6.07, 6.45) is 0. The van der Waals surface area contributed by atoms with E-state index in [2.05, 4.69) is 5.32 Å². The van der Waals surface area contributed by atoms with Crippen LogP contribution in [0, 0.1) is 6.92 Å². The molecule has 0 aliphatic heterocycles. The summed E-state index contributed by atoms with van der Waals surface area (Å²) in [5.74, 6) is -0.240. The van der Waals surface area contributed by atoms with Crippen molar-refractivity contribution in [3.63, 3.8) is 0 Å². The maximum absolute atomic E-state index is 11.9. The van der Waals surface area contributed by atoms with Crippen LogP contribution in [0.25, 0.3) is 0 Å². The molecule has 0 fully saturated rings. The largest absolute Gasteiger partial charge is 0.395 e. The van der Waals surface area contributed by atoms with Gasteiger partial charge >= 0.3 is 0 Å². The Balaban J connectivity index is 2.75. The summed E-state index contributed by atoms with van der Waals surface area (Å²) in [5.41, 5.74) is 1.49. The lowest BCUT2D eigenvalue weighted by atomic mass is 10.2. The number of aliphatic hydroxyl groups is 1. The van der Waals surface area contributed by atoms with Crippen molar-refractivity contribution in [3.05, 3.63) is 28.8 Å². The number of anilines is 1. The van der Waals surface area contributed by atoms with Crippen LogP contribution >= 0.6 is 11.6 Å². The zero-order valence-corrected chi connectivity index (χ0v) is 11.8. The van der Waals surface area contributed by atoms with E-state index in [1.165, 1.54) is 0 Å². The fourth-order valence-electron chi connectivity index (χ4n) is 1.35. The summed E-state index contributed by atoms with van der Waals surface area (Å²) in [5, 5.41) is 11.2. The van der Waals surface area contributed by atoms with Crippen LogP contribution in [-0.4, -0.2) is 32.8 Å². The molecule has 2 unspecified atom stereocenters. The third-order valence-corrected chi connectivity index (χ3v) is 4.34. The summed E-state index contributed by atoms with van der Waals surface area (Å²) in [4.78, 5) is 11.9. The van der Waals surface area contributed by atoms with Gasteiger partial charge in [0, 0.05) is 27.3 Å². The van der Waals surface area contributed by atoms with Crippen LogP contribution in [0.15, 0.2) is 18.2 Å². The highest BCUT2D eigenvalue weighted by molar-refractivity contribution is 7.86. The van der Waals surface area contributed by atoms with E-state index >= 15 is 0 Å². The molecule has 18 heavy (non-hydrogen) atoms. The maximum Gasteiger partial charge on any atom is 0.239 e. The van der Waals surface area contributed by atoms with E-state index < -0.39 is 16.0 Å². The van der Waals surface area contributed by atoms with Crippen molar-refractivity contribution in [3.8, 4) is 0 Å². The first-order valence-electron chi connectivity index (χ1n) is 5.50. The molecule has 0 spiro atoms. The topological polar surface area (TPSA) is 66.4 Å². The minimum Gasteiger partial charge on any atom is -0.395 e. The van der Waals surface area contributed by atoms with Gasteiger partial charge in [-0.3, -0.25) is 9.00 Å². The first kappa shape index (κ1) is 15.1. The minimum absolute atomic E-state index is 0.100. The van der Waals surface area contributed by atoms with E-state index in [0.717, 1.165) is 5.56 Å². The number of amides is 1. The molecule has 0 aromatic heterocycles. The number of hydrogen-bond acceptors (Lipinski definition) is 3. The molecule has 2 N–H and O–H groups in total. The van der Waals surface area contributed by atoms with Crippen molar-refractivity contribution in [2.75, 3.05) is 17.7 Å². The first-order chi connectivity index (χ1) is 8.45. The summed E-state index contributed by atoms with van der Waals surface area (Å²) in [6.45, 7) is 3.22. The molecule has 0 bridgehead atoms. The van der Waals surface area contributed by atoms with Gasteiger partial charge in [-0.25, -0.2) is 0 Å². The smallest absolute Gasteiger partial charge is 0.239 e. The second kappa shape index (κ2) is 6.87. The second-order valence-electron chi connectivity index (χ2n) is 3.90. The van der Waals surface area contributed by atoms with E-state index in [0.29, 0.717) is 10.7 Å². The highest BCUT2D eigenvalue weighted by Gasteiger charge is 2.20. The fourth-order valence-corrected chi connectivity index (χ4v) is 2.35. The quantitative estimate of drug-likeness (QED) is 0.867. The van der Waals surface area contributed by atoms with Crippen LogP contribution in [0.1, 0.15) is 12.5 Å². The van der Waals surface area contributed by atoms with E-state index in [1.807, 2.05) is 6.92 Å². The third-order valence-electron chi connectivity index (χ3n) is 2.51. The monoisotopic (exact) mass is 289 g/mol. The molecule has 0 saturated heterocycles. The molecule has 1 rings (SSSR count). The molecule has 100 valence electrons. The van der Waals surface area contributed by atoms with Gasteiger partial charge in [-0.15, -0.1) is 0 Å². The van der Waals surface area contributed by atoms with Gasteiger partial charge < -0.3 is 10.4 Å². The lowest BCUT2D eigenvalue weighted by molar-refractivity contribution is -0.115. The molecular weight excluding hydrogens is 274 g/mol. The molecule has 1 amide bonds. The van der Waals surface area contributed by atoms with Gasteiger partial charge in [0.05, 0.1) is 6.61 Å². The Morgan fingerprint density at radius 3 is 2.83 bits per heavy atom. The first-order valence-corrected chi connectivity index (χ1v) is 7.26. The van der Waals surface area contributed by atoms with Gasteiger partial charge in [0.15, 0.2) is 0 Å². The Morgan fingerprint density at radius 1 is 1.56 bits per heavy atom. The predicted molar refractivity (Wildman–Crippen MR) is 74.4 cm³/mol. The Hall–Kier alpha value is -0.910. The van der Waals surface area contributed by atoms with Crippen molar-refractivity contribution < 1.29 is 14.1 Å². The third kappa shape index (κ3) is 4.08. The molecule has 0 saturated carbocycles. The molecule has 4 nitrogen and oxygen atoms in total. The van der Waals surface area contributed by atoms with Crippen molar-refractivity contribution in [2.24, 2.45) is 0 Å². The minimum atomic E-state index is -1.38. The Labute approximate surface area is 114 Å². The number of halogens is 1. The average molecular weight is 290 g/mol. The Kier molecular flexibility index (Phi) is 5.78. The molecule has 0 aliphatic rings. The molecule has 1 aromatic rings. The van der Waals surface area contributed by atoms with Crippen molar-refractivity contribution in [1.29, 1.82) is 0 Å². The summed E-state index contributed by atoms with van der Waals surface area (Å²) < 4.78 is 11.6. The van der Waals surface area contributed by atoms with Crippen LogP contribution < -0.4 is 5.32 Å². The van der Waals surface area contributed by atoms with Crippen LogP contribution in [0.2, 0.25) is 5.02 Å². The van der Waals surface area contributed by atoms with Gasteiger partial charge in [0.25, 0.3) is 0 Å². The van der Waals surface area contributed by atoms with Crippen LogP contribution in [0.3, 0.4) is 0 Å². The maximum atomic E-state index is 11.9. The van der Waals surface area contributed by atoms with Crippen molar-refractivity contribution in [1.82, 2.24) is 0 Å². The van der Waals surface area contributed by atoms with Gasteiger partial charge in [-0.2, -0.15) is 0 Å². The number of nitrogens with one attached hydrogen (secondary N) is 1. The average Bonchev–Trinajstić information content (AvgIpc) is 2.33. The van der Waals surface area contributed by atoms with Gasteiger partial charge in [-0.05, 0) is 31.5 Å². The lowest BCUT2D eigenvalue weighted by Crippen LogP contribution is -2.31. The normalized spacial score (nSPS) is 14.0. The van der Waals surface area contributed by atoms with Gasteiger partial charge in [0.2, 0.25) is 5.91 Å². The molecule has 6 heteroatoms. The summed E-state index contributed by atoms with van der Waals surface area (Å²) >= 11 is 5.85. The highest BCUT2D eigenvalue weighted by atomic mass is 35.5. The molecule has 0 aliphatic carbocycles. The fraction of sp³-hybridized carbons (Fsp3) is 0.417. The number of aliphatic hydroxyl groups excluding tert-OH is 1. The number of carbonyl (C=O) groups is 1. The number of aryl methyl sites for hydroxylation is 1. The predicted octanol–water partition coefficient (Wildman–Crippen LogP) is 1.72. The van der Waals surface area contributed by atoms with E-state index in [9.17, 15) is 9.00 Å². The molecule has 0 heterocycles. The van der Waals surface area contributed by atoms with Crippen molar-refractivity contribution >= 4 is 34.0 Å². The van der Waals surface area contributed by atoms with E-state index in [4.69, 9.17) is 16.7 Å². The number of rotatable bonds is 5. The van der Waals surface area contributed by atoms with Crippen LogP contribution in [0.5, 0.6) is 0 Å². The number of carbonyl (C=O) groups excluding carboxylic acids is 1. The van der Waals surface area contributed by atoms with E-state index in [-0.39, 0.29) is 18.3 Å². The van der Waals surface area contributed by atoms with Crippen LogP contribution in [0.4, 0.5) is 5.69 Å². The van der Waals surface area contributed by atoms with Crippen molar-refractivity contribution in [2.45, 2.75) is 19.1 Å². The molecule has 2 atom stereocenters. The van der Waals surface area contributed by atoms with Gasteiger partial charge in [0.1, 0.15) is 5.25 Å². The van der Waals surface area contributed by atoms with Crippen LogP contribution in [-0.2, 0) is 15.6 Å². The highest BCUT2D eigenvalue weighted by Crippen LogP contribution is 2.20. The SMILES string of the molecule is Cc1ccc(Cl)cc1NC(=O)C(C)S(=O)CCO. The lowest BCUT2D eigenvalue weighted by Gasteiger charge is -2.13. The summed E-state index contributed by atoms with van der Waals surface area (Å²) in [6, 6.07) is 5.18. The molecule has 1 aromatic carbocycles. The molecule has 0 radical (unpaired) electrons. The van der Waals surface area contributed by atoms with E-state index in [1.54, 1.807) is 25.1 Å². The molecular formula is C12H16ClNO3S. The zero-order chi connectivity index (χ0) is 13.7. The standard InChI is InChI=1S/C12H16ClNO3S/c1-8-3-4-10(13)7-11(8)14-12(16)9(2)18(17)6-5-15/h3-4,7,9,15H,5-6H2,1-2H3,(H,14,16).